The molecule has 1 fully saturated rings. The molecule has 1 aliphatic carbocycles. The maximum absolute atomic E-state index is 11.7. The minimum absolute atomic E-state index is 0.0111. The average molecular weight is 267 g/mol. The second kappa shape index (κ2) is 5.07. The van der Waals surface area contributed by atoms with E-state index in [1.165, 1.54) is 0 Å². The smallest absolute Gasteiger partial charge is 0.237 e. The third kappa shape index (κ3) is 2.88. The van der Waals surface area contributed by atoms with E-state index in [1.807, 2.05) is 24.4 Å². The highest BCUT2D eigenvalue weighted by molar-refractivity contribution is 7.10. The number of rotatable bonds is 6. The van der Waals surface area contributed by atoms with Gasteiger partial charge in [-0.05, 0) is 31.2 Å². The van der Waals surface area contributed by atoms with Crippen molar-refractivity contribution in [2.45, 2.75) is 31.3 Å². The van der Waals surface area contributed by atoms with E-state index in [0.717, 1.165) is 17.7 Å². The molecule has 0 aliphatic heterocycles. The van der Waals surface area contributed by atoms with Crippen molar-refractivity contribution < 1.29 is 9.59 Å². The van der Waals surface area contributed by atoms with Gasteiger partial charge in [0.15, 0.2) is 0 Å². The first kappa shape index (κ1) is 13.0. The van der Waals surface area contributed by atoms with E-state index in [4.69, 9.17) is 5.73 Å². The van der Waals surface area contributed by atoms with Crippen LogP contribution in [-0.4, -0.2) is 23.9 Å². The van der Waals surface area contributed by atoms with Gasteiger partial charge in [-0.1, -0.05) is 6.07 Å². The number of primary amides is 1. The molecule has 1 aromatic heterocycles. The number of thiophene rings is 1. The van der Waals surface area contributed by atoms with Gasteiger partial charge < -0.3 is 11.1 Å². The molecular formula is C12H17N3O2S. The minimum atomic E-state index is -0.635. The van der Waals surface area contributed by atoms with Crippen molar-refractivity contribution in [2.75, 3.05) is 6.54 Å². The van der Waals surface area contributed by atoms with Crippen LogP contribution in [0.15, 0.2) is 17.5 Å². The molecule has 5 nitrogen and oxygen atoms in total. The maximum Gasteiger partial charge on any atom is 0.237 e. The van der Waals surface area contributed by atoms with Gasteiger partial charge in [0.2, 0.25) is 11.8 Å². The molecule has 0 radical (unpaired) electrons. The van der Waals surface area contributed by atoms with Crippen LogP contribution in [0.1, 0.15) is 30.7 Å². The fourth-order valence-electron chi connectivity index (χ4n) is 1.79. The van der Waals surface area contributed by atoms with Crippen molar-refractivity contribution >= 4 is 23.2 Å². The lowest BCUT2D eigenvalue weighted by molar-refractivity contribution is -0.122. The molecule has 0 spiro atoms. The molecule has 98 valence electrons. The Balaban J connectivity index is 1.78. The highest BCUT2D eigenvalue weighted by Crippen LogP contribution is 2.34. The summed E-state index contributed by atoms with van der Waals surface area (Å²) in [4.78, 5) is 24.0. The molecule has 18 heavy (non-hydrogen) atoms. The van der Waals surface area contributed by atoms with Gasteiger partial charge in [0, 0.05) is 4.88 Å². The van der Waals surface area contributed by atoms with E-state index in [-0.39, 0.29) is 24.4 Å². The topological polar surface area (TPSA) is 84.2 Å². The van der Waals surface area contributed by atoms with Crippen molar-refractivity contribution in [3.8, 4) is 0 Å². The Morgan fingerprint density at radius 1 is 1.56 bits per heavy atom. The molecule has 1 aliphatic rings. The minimum Gasteiger partial charge on any atom is -0.368 e. The average Bonchev–Trinajstić information content (AvgIpc) is 2.92. The first-order chi connectivity index (χ1) is 8.53. The molecule has 2 amide bonds. The van der Waals surface area contributed by atoms with E-state index < -0.39 is 5.54 Å². The standard InChI is InChI=1S/C12H17N3O2S/c1-8(9-3-2-6-18-9)15-10(16)7-14-12(4-5-12)11(13)17/h2-3,6,8,14H,4-5,7H2,1H3,(H2,13,17)(H,15,16)/t8-/m1/s1. The van der Waals surface area contributed by atoms with Crippen molar-refractivity contribution in [1.82, 2.24) is 10.6 Å². The van der Waals surface area contributed by atoms with Gasteiger partial charge in [-0.2, -0.15) is 0 Å². The zero-order valence-corrected chi connectivity index (χ0v) is 11.0. The molecule has 4 N–H and O–H groups in total. The van der Waals surface area contributed by atoms with E-state index in [2.05, 4.69) is 10.6 Å². The van der Waals surface area contributed by atoms with Crippen LogP contribution in [0.2, 0.25) is 0 Å². The summed E-state index contributed by atoms with van der Waals surface area (Å²) in [5.74, 6) is -0.495. The van der Waals surface area contributed by atoms with Crippen LogP contribution in [-0.2, 0) is 9.59 Å². The van der Waals surface area contributed by atoms with Crippen LogP contribution in [0, 0.1) is 0 Å². The summed E-state index contributed by atoms with van der Waals surface area (Å²) in [5.41, 5.74) is 4.63. The Labute approximate surface area is 110 Å². The predicted molar refractivity (Wildman–Crippen MR) is 70.0 cm³/mol. The highest BCUT2D eigenvalue weighted by Gasteiger charge is 2.48. The van der Waals surface area contributed by atoms with Crippen LogP contribution in [0.3, 0.4) is 0 Å². The van der Waals surface area contributed by atoms with Crippen LogP contribution < -0.4 is 16.4 Å². The quantitative estimate of drug-likeness (QED) is 0.703. The molecule has 1 aromatic rings. The van der Waals surface area contributed by atoms with E-state index in [0.29, 0.717) is 0 Å². The second-order valence-corrected chi connectivity index (χ2v) is 5.58. The lowest BCUT2D eigenvalue weighted by atomic mass is 10.2. The van der Waals surface area contributed by atoms with Gasteiger partial charge in [0.1, 0.15) is 0 Å². The van der Waals surface area contributed by atoms with E-state index in [9.17, 15) is 9.59 Å². The van der Waals surface area contributed by atoms with E-state index >= 15 is 0 Å². The van der Waals surface area contributed by atoms with E-state index in [1.54, 1.807) is 11.3 Å². The fourth-order valence-corrected chi connectivity index (χ4v) is 2.52. The third-order valence-corrected chi connectivity index (χ3v) is 4.21. The summed E-state index contributed by atoms with van der Waals surface area (Å²) in [6, 6.07) is 3.92. The number of nitrogens with one attached hydrogen (secondary N) is 2. The molecule has 1 saturated carbocycles. The van der Waals surface area contributed by atoms with Gasteiger partial charge in [-0.3, -0.25) is 14.9 Å². The Bertz CT molecular complexity index is 440. The largest absolute Gasteiger partial charge is 0.368 e. The van der Waals surface area contributed by atoms with Crippen molar-refractivity contribution in [1.29, 1.82) is 0 Å². The van der Waals surface area contributed by atoms with Crippen molar-refractivity contribution in [2.24, 2.45) is 5.73 Å². The molecule has 0 aromatic carbocycles. The van der Waals surface area contributed by atoms with Gasteiger partial charge >= 0.3 is 0 Å². The Morgan fingerprint density at radius 2 is 2.28 bits per heavy atom. The van der Waals surface area contributed by atoms with Crippen LogP contribution in [0.25, 0.3) is 0 Å². The molecule has 6 heteroatoms. The zero-order valence-electron chi connectivity index (χ0n) is 10.2. The molecule has 0 unspecified atom stereocenters. The summed E-state index contributed by atoms with van der Waals surface area (Å²) >= 11 is 1.60. The number of amides is 2. The van der Waals surface area contributed by atoms with Gasteiger partial charge in [-0.15, -0.1) is 11.3 Å². The summed E-state index contributed by atoms with van der Waals surface area (Å²) in [6.07, 6.45) is 1.44. The highest BCUT2D eigenvalue weighted by atomic mass is 32.1. The van der Waals surface area contributed by atoms with Gasteiger partial charge in [0.25, 0.3) is 0 Å². The first-order valence-electron chi connectivity index (χ1n) is 5.91. The monoisotopic (exact) mass is 267 g/mol. The second-order valence-electron chi connectivity index (χ2n) is 4.60. The number of hydrogen-bond acceptors (Lipinski definition) is 4. The lowest BCUT2D eigenvalue weighted by Gasteiger charge is -2.15. The SMILES string of the molecule is C[C@@H](NC(=O)CNC1(C(N)=O)CC1)c1cccs1. The molecular weight excluding hydrogens is 250 g/mol. The number of nitrogens with two attached hydrogens (primary N) is 1. The third-order valence-electron chi connectivity index (χ3n) is 3.16. The van der Waals surface area contributed by atoms with Crippen LogP contribution >= 0.6 is 11.3 Å². The molecule has 0 saturated heterocycles. The molecule has 1 heterocycles. The molecule has 2 rings (SSSR count). The van der Waals surface area contributed by atoms with Crippen LogP contribution in [0.4, 0.5) is 0 Å². The fraction of sp³-hybridized carbons (Fsp3) is 0.500. The van der Waals surface area contributed by atoms with Gasteiger partial charge in [0.05, 0.1) is 18.1 Å². The van der Waals surface area contributed by atoms with Crippen LogP contribution in [0.5, 0.6) is 0 Å². The van der Waals surface area contributed by atoms with Crippen molar-refractivity contribution in [3.05, 3.63) is 22.4 Å². The Kier molecular flexibility index (Phi) is 3.68. The Morgan fingerprint density at radius 3 is 2.78 bits per heavy atom. The first-order valence-corrected chi connectivity index (χ1v) is 6.79. The summed E-state index contributed by atoms with van der Waals surface area (Å²) in [6.45, 7) is 2.06. The normalized spacial score (nSPS) is 18.1. The Hall–Kier alpha value is -1.40. The van der Waals surface area contributed by atoms with Gasteiger partial charge in [-0.25, -0.2) is 0 Å². The summed E-state index contributed by atoms with van der Waals surface area (Å²) in [5, 5.41) is 7.79. The zero-order chi connectivity index (χ0) is 13.2. The number of carbonyl (C=O) groups is 2. The lowest BCUT2D eigenvalue weighted by Crippen LogP contribution is -2.48. The molecule has 1 atom stereocenters. The number of carbonyl (C=O) groups excluding carboxylic acids is 2. The number of hydrogen-bond donors (Lipinski definition) is 3. The summed E-state index contributed by atoms with van der Waals surface area (Å²) in [7, 11) is 0. The predicted octanol–water partition coefficient (Wildman–Crippen LogP) is 0.533. The summed E-state index contributed by atoms with van der Waals surface area (Å²) < 4.78 is 0. The van der Waals surface area contributed by atoms with Crippen molar-refractivity contribution in [3.63, 3.8) is 0 Å². The molecule has 0 bridgehead atoms. The maximum atomic E-state index is 11.7.